The largest absolute Gasteiger partial charge is 0.347 e. The maximum atomic E-state index is 12.5. The van der Waals surface area contributed by atoms with Gasteiger partial charge in [0, 0.05) is 25.7 Å². The molecule has 0 unspecified atom stereocenters. The summed E-state index contributed by atoms with van der Waals surface area (Å²) in [5, 5.41) is 4.44. The Bertz CT molecular complexity index is 813. The number of halogens is 2. The Kier molecular flexibility index (Phi) is 7.93. The maximum Gasteiger partial charge on any atom is 0.220 e. The summed E-state index contributed by atoms with van der Waals surface area (Å²) in [6.07, 6.45) is 4.49. The van der Waals surface area contributed by atoms with Gasteiger partial charge in [-0.25, -0.2) is 0 Å². The lowest BCUT2D eigenvalue weighted by Gasteiger charge is -2.37. The van der Waals surface area contributed by atoms with Gasteiger partial charge in [-0.1, -0.05) is 49.2 Å². The number of hydrogen-bond acceptors (Lipinski definition) is 3. The molecule has 0 saturated carbocycles. The van der Waals surface area contributed by atoms with Gasteiger partial charge in [0.05, 0.1) is 21.8 Å². The van der Waals surface area contributed by atoms with Crippen molar-refractivity contribution in [1.29, 1.82) is 0 Å². The molecule has 1 aliphatic rings. The van der Waals surface area contributed by atoms with Crippen LogP contribution in [0.15, 0.2) is 42.6 Å². The first kappa shape index (κ1) is 22.1. The van der Waals surface area contributed by atoms with Crippen LogP contribution in [0.2, 0.25) is 10.0 Å². The third kappa shape index (κ3) is 6.43. The van der Waals surface area contributed by atoms with E-state index in [4.69, 9.17) is 23.2 Å². The van der Waals surface area contributed by atoms with Crippen molar-refractivity contribution < 1.29 is 4.79 Å². The molecule has 0 radical (unpaired) electrons. The van der Waals surface area contributed by atoms with Crippen LogP contribution in [0.1, 0.15) is 50.4 Å². The summed E-state index contributed by atoms with van der Waals surface area (Å²) >= 11 is 12.2. The van der Waals surface area contributed by atoms with Crippen molar-refractivity contribution in [2.75, 3.05) is 13.1 Å². The molecule has 2 atom stereocenters. The number of hydrogen-bond donors (Lipinski definition) is 1. The Hall–Kier alpha value is -1.62. The van der Waals surface area contributed by atoms with Gasteiger partial charge in [0.2, 0.25) is 5.91 Å². The van der Waals surface area contributed by atoms with Crippen LogP contribution in [0.4, 0.5) is 0 Å². The van der Waals surface area contributed by atoms with Gasteiger partial charge in [-0.2, -0.15) is 0 Å². The Labute approximate surface area is 183 Å². The van der Waals surface area contributed by atoms with Crippen LogP contribution in [0.3, 0.4) is 0 Å². The number of aromatic nitrogens is 1. The van der Waals surface area contributed by atoms with Crippen LogP contribution in [-0.2, 0) is 11.3 Å². The number of carbonyl (C=O) groups excluding carboxylic acids is 1. The van der Waals surface area contributed by atoms with Crippen molar-refractivity contribution in [3.63, 3.8) is 0 Å². The van der Waals surface area contributed by atoms with Crippen molar-refractivity contribution in [3.05, 3.63) is 63.9 Å². The molecule has 1 saturated heterocycles. The molecule has 2 aromatic rings. The summed E-state index contributed by atoms with van der Waals surface area (Å²) in [6.45, 7) is 6.89. The van der Waals surface area contributed by atoms with E-state index in [1.165, 1.54) is 0 Å². The zero-order valence-corrected chi connectivity index (χ0v) is 18.6. The molecule has 29 heavy (non-hydrogen) atoms. The number of likely N-dealkylation sites (tertiary alicyclic amines) is 1. The molecule has 0 spiro atoms. The molecule has 1 aromatic carbocycles. The highest BCUT2D eigenvalue weighted by molar-refractivity contribution is 6.42. The lowest BCUT2D eigenvalue weighted by atomic mass is 9.88. The van der Waals surface area contributed by atoms with Crippen molar-refractivity contribution in [2.45, 2.75) is 45.7 Å². The second-order valence-electron chi connectivity index (χ2n) is 8.28. The summed E-state index contributed by atoms with van der Waals surface area (Å²) in [6, 6.07) is 11.7. The molecule has 1 fully saturated rings. The fourth-order valence-electron chi connectivity index (χ4n) is 4.00. The van der Waals surface area contributed by atoms with E-state index >= 15 is 0 Å². The van der Waals surface area contributed by atoms with E-state index in [1.54, 1.807) is 6.20 Å². The molecule has 2 heterocycles. The van der Waals surface area contributed by atoms with E-state index in [0.717, 1.165) is 43.7 Å². The van der Waals surface area contributed by atoms with E-state index in [1.807, 2.05) is 36.4 Å². The third-order valence-electron chi connectivity index (χ3n) is 5.32. The minimum absolute atomic E-state index is 0.0703. The zero-order valence-electron chi connectivity index (χ0n) is 17.1. The average Bonchev–Trinajstić information content (AvgIpc) is 2.69. The van der Waals surface area contributed by atoms with E-state index in [9.17, 15) is 4.79 Å². The number of carbonyl (C=O) groups is 1. The van der Waals surface area contributed by atoms with Gasteiger partial charge in [0.25, 0.3) is 0 Å². The van der Waals surface area contributed by atoms with Gasteiger partial charge < -0.3 is 5.32 Å². The van der Waals surface area contributed by atoms with Gasteiger partial charge >= 0.3 is 0 Å². The van der Waals surface area contributed by atoms with E-state index < -0.39 is 0 Å². The van der Waals surface area contributed by atoms with Crippen molar-refractivity contribution in [2.24, 2.45) is 11.8 Å². The number of nitrogens with zero attached hydrogens (tertiary/aromatic N) is 2. The molecule has 6 heteroatoms. The molecule has 3 rings (SSSR count). The highest BCUT2D eigenvalue weighted by atomic mass is 35.5. The molecular formula is C23H29Cl2N3O. The summed E-state index contributed by atoms with van der Waals surface area (Å²) < 4.78 is 0. The standard InChI is InChI=1S/C23H29Cl2N3O/c1-16(2)12-22(29)27-23(21-7-3-4-10-26-21)18-6-5-11-28(15-18)14-17-8-9-19(24)20(25)13-17/h3-4,7-10,13,16,18,23H,5-6,11-12,14-15H2,1-2H3,(H,27,29)/t18-,23-/m0/s1. The van der Waals surface area contributed by atoms with E-state index in [0.29, 0.717) is 28.3 Å². The molecule has 0 bridgehead atoms. The number of nitrogens with one attached hydrogen (secondary N) is 1. The predicted octanol–water partition coefficient (Wildman–Crippen LogP) is 5.50. The summed E-state index contributed by atoms with van der Waals surface area (Å²) in [5.41, 5.74) is 2.09. The Morgan fingerprint density at radius 2 is 2.07 bits per heavy atom. The minimum Gasteiger partial charge on any atom is -0.347 e. The quantitative estimate of drug-likeness (QED) is 0.626. The highest BCUT2D eigenvalue weighted by Crippen LogP contribution is 2.31. The number of pyridine rings is 1. The normalized spacial score (nSPS) is 18.6. The van der Waals surface area contributed by atoms with Crippen molar-refractivity contribution in [1.82, 2.24) is 15.2 Å². The van der Waals surface area contributed by atoms with Gasteiger partial charge in [-0.05, 0) is 61.1 Å². The van der Waals surface area contributed by atoms with Crippen LogP contribution in [0.25, 0.3) is 0 Å². The molecule has 156 valence electrons. The Balaban J connectivity index is 1.72. The third-order valence-corrected chi connectivity index (χ3v) is 6.06. The smallest absolute Gasteiger partial charge is 0.220 e. The minimum atomic E-state index is -0.0703. The molecule has 4 nitrogen and oxygen atoms in total. The monoisotopic (exact) mass is 433 g/mol. The summed E-state index contributed by atoms with van der Waals surface area (Å²) in [4.78, 5) is 19.5. The van der Waals surface area contributed by atoms with Gasteiger partial charge in [0.15, 0.2) is 0 Å². The van der Waals surface area contributed by atoms with E-state index in [-0.39, 0.29) is 11.9 Å². The number of benzene rings is 1. The highest BCUT2D eigenvalue weighted by Gasteiger charge is 2.30. The summed E-state index contributed by atoms with van der Waals surface area (Å²) in [5.74, 6) is 0.742. The predicted molar refractivity (Wildman–Crippen MR) is 119 cm³/mol. The fraction of sp³-hybridized carbons (Fsp3) is 0.478. The fourth-order valence-corrected chi connectivity index (χ4v) is 4.32. The Morgan fingerprint density at radius 3 is 2.76 bits per heavy atom. The number of piperidine rings is 1. The molecule has 1 aliphatic heterocycles. The van der Waals surface area contributed by atoms with Gasteiger partial charge in [-0.3, -0.25) is 14.7 Å². The lowest BCUT2D eigenvalue weighted by molar-refractivity contribution is -0.123. The zero-order chi connectivity index (χ0) is 20.8. The van der Waals surface area contributed by atoms with Crippen molar-refractivity contribution >= 4 is 29.1 Å². The van der Waals surface area contributed by atoms with Crippen LogP contribution in [0, 0.1) is 11.8 Å². The SMILES string of the molecule is CC(C)CC(=O)N[C@H](c1ccccn1)[C@H]1CCCN(Cc2ccc(Cl)c(Cl)c2)C1. The number of amides is 1. The van der Waals surface area contributed by atoms with Gasteiger partial charge in [-0.15, -0.1) is 0 Å². The molecule has 1 N–H and O–H groups in total. The first-order valence-electron chi connectivity index (χ1n) is 10.3. The van der Waals surface area contributed by atoms with E-state index in [2.05, 4.69) is 29.0 Å². The van der Waals surface area contributed by atoms with Crippen LogP contribution in [-0.4, -0.2) is 28.9 Å². The number of rotatable bonds is 7. The maximum absolute atomic E-state index is 12.5. The molecular weight excluding hydrogens is 405 g/mol. The van der Waals surface area contributed by atoms with Gasteiger partial charge in [0.1, 0.15) is 0 Å². The molecule has 1 amide bonds. The van der Waals surface area contributed by atoms with Crippen LogP contribution < -0.4 is 5.32 Å². The van der Waals surface area contributed by atoms with Crippen LogP contribution >= 0.6 is 23.2 Å². The van der Waals surface area contributed by atoms with Crippen LogP contribution in [0.5, 0.6) is 0 Å². The second kappa shape index (κ2) is 10.4. The molecule has 0 aliphatic carbocycles. The topological polar surface area (TPSA) is 45.2 Å². The Morgan fingerprint density at radius 1 is 1.24 bits per heavy atom. The lowest BCUT2D eigenvalue weighted by Crippen LogP contribution is -2.43. The van der Waals surface area contributed by atoms with Crippen molar-refractivity contribution in [3.8, 4) is 0 Å². The first-order chi connectivity index (χ1) is 13.9. The second-order valence-corrected chi connectivity index (χ2v) is 9.10. The first-order valence-corrected chi connectivity index (χ1v) is 11.0. The average molecular weight is 434 g/mol. The molecule has 1 aromatic heterocycles. The summed E-state index contributed by atoms with van der Waals surface area (Å²) in [7, 11) is 0.